The predicted octanol–water partition coefficient (Wildman–Crippen LogP) is 9.25. The highest BCUT2D eigenvalue weighted by atomic mass is 19.1. The highest BCUT2D eigenvalue weighted by molar-refractivity contribution is 5.28. The fourth-order valence-corrected chi connectivity index (χ4v) is 5.60. The maximum Gasteiger partial charge on any atom is 0.128 e. The van der Waals surface area contributed by atoms with Crippen molar-refractivity contribution in [2.24, 2.45) is 11.8 Å². The summed E-state index contributed by atoms with van der Waals surface area (Å²) >= 11 is 0. The molecule has 0 radical (unpaired) electrons. The molecule has 3 aromatic carbocycles. The van der Waals surface area contributed by atoms with Gasteiger partial charge in [-0.05, 0) is 116 Å². The number of benzene rings is 3. The van der Waals surface area contributed by atoms with Gasteiger partial charge in [-0.2, -0.15) is 0 Å². The SMILES string of the molecule is C=CC1CCC(CCc2ccc(CCc3ccc(CCc4ccc(COCCC)c(F)c4)cc3)cc2)CC1. The van der Waals surface area contributed by atoms with Crippen molar-refractivity contribution in [1.29, 1.82) is 0 Å². The summed E-state index contributed by atoms with van der Waals surface area (Å²) in [6.07, 6.45) is 14.9. The fourth-order valence-electron chi connectivity index (χ4n) is 5.60. The van der Waals surface area contributed by atoms with E-state index in [0.29, 0.717) is 18.8 Å². The van der Waals surface area contributed by atoms with Gasteiger partial charge in [0.2, 0.25) is 0 Å². The molecule has 1 aliphatic rings. The molecule has 0 aromatic heterocycles. The van der Waals surface area contributed by atoms with Crippen LogP contribution in [0.1, 0.15) is 78.8 Å². The third-order valence-corrected chi connectivity index (χ3v) is 8.24. The van der Waals surface area contributed by atoms with Gasteiger partial charge < -0.3 is 4.74 Å². The van der Waals surface area contributed by atoms with E-state index >= 15 is 0 Å². The van der Waals surface area contributed by atoms with Crippen LogP contribution in [-0.4, -0.2) is 6.61 Å². The first kappa shape index (κ1) is 28.3. The van der Waals surface area contributed by atoms with Gasteiger partial charge in [0.15, 0.2) is 0 Å². The van der Waals surface area contributed by atoms with E-state index in [-0.39, 0.29) is 5.82 Å². The highest BCUT2D eigenvalue weighted by Gasteiger charge is 2.18. The van der Waals surface area contributed by atoms with Crippen LogP contribution in [0, 0.1) is 17.7 Å². The second-order valence-corrected chi connectivity index (χ2v) is 11.2. The fraction of sp³-hybridized carbons (Fsp3) is 0.444. The van der Waals surface area contributed by atoms with Crippen LogP contribution in [-0.2, 0) is 43.4 Å². The van der Waals surface area contributed by atoms with E-state index in [2.05, 4.69) is 68.1 Å². The van der Waals surface area contributed by atoms with Gasteiger partial charge in [-0.15, -0.1) is 6.58 Å². The van der Waals surface area contributed by atoms with E-state index < -0.39 is 0 Å². The molecule has 0 saturated heterocycles. The minimum Gasteiger partial charge on any atom is -0.377 e. The Morgan fingerprint density at radius 1 is 0.737 bits per heavy atom. The molecule has 1 fully saturated rings. The molecule has 1 saturated carbocycles. The summed E-state index contributed by atoms with van der Waals surface area (Å²) < 4.78 is 19.8. The Kier molecular flexibility index (Phi) is 11.2. The van der Waals surface area contributed by atoms with E-state index in [1.807, 2.05) is 12.1 Å². The average molecular weight is 513 g/mol. The van der Waals surface area contributed by atoms with Crippen LogP contribution in [0.15, 0.2) is 79.4 Å². The van der Waals surface area contributed by atoms with Crippen molar-refractivity contribution in [3.63, 3.8) is 0 Å². The molecule has 1 nitrogen and oxygen atoms in total. The summed E-state index contributed by atoms with van der Waals surface area (Å²) in [6, 6.07) is 23.8. The smallest absolute Gasteiger partial charge is 0.128 e. The monoisotopic (exact) mass is 512 g/mol. The molecule has 0 atom stereocenters. The van der Waals surface area contributed by atoms with Gasteiger partial charge in [0.05, 0.1) is 6.61 Å². The molecule has 0 bridgehead atoms. The van der Waals surface area contributed by atoms with Gasteiger partial charge >= 0.3 is 0 Å². The molecule has 0 heterocycles. The van der Waals surface area contributed by atoms with Crippen LogP contribution in [0.2, 0.25) is 0 Å². The first-order valence-corrected chi connectivity index (χ1v) is 14.8. The standard InChI is InChI=1S/C36H45FO/c1-3-25-38-27-35-24-23-34(26-36(35)37)22-21-33-19-17-32(18-20-33)16-15-31-13-11-30(12-14-31)10-9-29-7-5-28(4-2)6-8-29/h4,11-14,17-20,23-24,26,28-29H,2-3,5-10,15-16,21-22,25,27H2,1H3. The molecule has 0 spiro atoms. The van der Waals surface area contributed by atoms with Crippen LogP contribution >= 0.6 is 0 Å². The molecule has 2 heteroatoms. The minimum atomic E-state index is -0.159. The average Bonchev–Trinajstić information content (AvgIpc) is 2.96. The number of hydrogen-bond acceptors (Lipinski definition) is 1. The lowest BCUT2D eigenvalue weighted by Gasteiger charge is -2.26. The summed E-state index contributed by atoms with van der Waals surface area (Å²) in [5.41, 5.74) is 7.23. The Balaban J connectivity index is 1.17. The van der Waals surface area contributed by atoms with Crippen LogP contribution < -0.4 is 0 Å². The topological polar surface area (TPSA) is 9.23 Å². The number of allylic oxidation sites excluding steroid dienone is 1. The third-order valence-electron chi connectivity index (χ3n) is 8.24. The van der Waals surface area contributed by atoms with E-state index in [9.17, 15) is 4.39 Å². The Morgan fingerprint density at radius 2 is 1.24 bits per heavy atom. The zero-order chi connectivity index (χ0) is 26.6. The normalized spacial score (nSPS) is 17.4. The lowest BCUT2D eigenvalue weighted by Crippen LogP contribution is -2.13. The maximum absolute atomic E-state index is 14.4. The summed E-state index contributed by atoms with van der Waals surface area (Å²) in [4.78, 5) is 0. The molecular formula is C36H45FO. The Bertz CT molecular complexity index is 1110. The van der Waals surface area contributed by atoms with Gasteiger partial charge in [-0.1, -0.05) is 73.7 Å². The van der Waals surface area contributed by atoms with Crippen LogP contribution in [0.5, 0.6) is 0 Å². The Morgan fingerprint density at radius 3 is 1.74 bits per heavy atom. The first-order chi connectivity index (χ1) is 18.6. The highest BCUT2D eigenvalue weighted by Crippen LogP contribution is 2.32. The second kappa shape index (κ2) is 15.0. The van der Waals surface area contributed by atoms with E-state index in [0.717, 1.165) is 49.5 Å². The second-order valence-electron chi connectivity index (χ2n) is 11.2. The molecule has 0 amide bonds. The number of hydrogen-bond donors (Lipinski definition) is 0. The van der Waals surface area contributed by atoms with E-state index in [1.54, 1.807) is 6.07 Å². The van der Waals surface area contributed by atoms with Gasteiger partial charge in [0.1, 0.15) is 5.82 Å². The maximum atomic E-state index is 14.4. The Labute approximate surface area is 230 Å². The summed E-state index contributed by atoms with van der Waals surface area (Å²) in [5, 5.41) is 0. The summed E-state index contributed by atoms with van der Waals surface area (Å²) in [6.45, 7) is 7.04. The molecule has 38 heavy (non-hydrogen) atoms. The zero-order valence-electron chi connectivity index (χ0n) is 23.3. The van der Waals surface area contributed by atoms with Gasteiger partial charge in [0.25, 0.3) is 0 Å². The van der Waals surface area contributed by atoms with Gasteiger partial charge in [-0.3, -0.25) is 0 Å². The first-order valence-electron chi connectivity index (χ1n) is 14.8. The van der Waals surface area contributed by atoms with Gasteiger partial charge in [0, 0.05) is 12.2 Å². The molecule has 0 N–H and O–H groups in total. The molecular weight excluding hydrogens is 467 g/mol. The number of halogens is 1. The van der Waals surface area contributed by atoms with Crippen molar-refractivity contribution in [2.75, 3.05) is 6.61 Å². The lowest BCUT2D eigenvalue weighted by molar-refractivity contribution is 0.119. The Hall–Kier alpha value is -2.71. The molecule has 3 aromatic rings. The largest absolute Gasteiger partial charge is 0.377 e. The van der Waals surface area contributed by atoms with E-state index in [1.165, 1.54) is 60.8 Å². The lowest BCUT2D eigenvalue weighted by atomic mass is 9.79. The van der Waals surface area contributed by atoms with Crippen molar-refractivity contribution in [1.82, 2.24) is 0 Å². The van der Waals surface area contributed by atoms with Crippen molar-refractivity contribution in [3.05, 3.63) is 119 Å². The molecule has 0 aliphatic heterocycles. The summed E-state index contributed by atoms with van der Waals surface area (Å²) in [5.74, 6) is 1.49. The quantitative estimate of drug-likeness (QED) is 0.154. The number of ether oxygens (including phenoxy) is 1. The molecule has 1 aliphatic carbocycles. The zero-order valence-corrected chi connectivity index (χ0v) is 23.3. The van der Waals surface area contributed by atoms with Crippen LogP contribution in [0.25, 0.3) is 0 Å². The number of rotatable bonds is 14. The van der Waals surface area contributed by atoms with Crippen molar-refractivity contribution in [3.8, 4) is 0 Å². The van der Waals surface area contributed by atoms with Crippen molar-refractivity contribution in [2.45, 2.75) is 84.2 Å². The van der Waals surface area contributed by atoms with Crippen LogP contribution in [0.4, 0.5) is 4.39 Å². The van der Waals surface area contributed by atoms with Crippen molar-refractivity contribution < 1.29 is 9.13 Å². The minimum absolute atomic E-state index is 0.159. The third kappa shape index (κ3) is 8.95. The molecule has 202 valence electrons. The van der Waals surface area contributed by atoms with Crippen molar-refractivity contribution >= 4 is 0 Å². The molecule has 4 rings (SSSR count). The summed E-state index contributed by atoms with van der Waals surface area (Å²) in [7, 11) is 0. The molecule has 0 unspecified atom stereocenters. The van der Waals surface area contributed by atoms with Crippen LogP contribution in [0.3, 0.4) is 0 Å². The predicted molar refractivity (Wildman–Crippen MR) is 158 cm³/mol. The number of aryl methyl sites for hydroxylation is 5. The van der Waals surface area contributed by atoms with Gasteiger partial charge in [-0.25, -0.2) is 4.39 Å². The van der Waals surface area contributed by atoms with E-state index in [4.69, 9.17) is 4.74 Å².